The van der Waals surface area contributed by atoms with Crippen molar-refractivity contribution in [1.82, 2.24) is 11.1 Å². The zero-order valence-electron chi connectivity index (χ0n) is 5.23. The van der Waals surface area contributed by atoms with E-state index in [1.165, 1.54) is 0 Å². The summed E-state index contributed by atoms with van der Waals surface area (Å²) in [5.41, 5.74) is 6.39. The molecule has 9 heavy (non-hydrogen) atoms. The standard InChI is InChI=1S/C5H9N2O2/c1-2-7-5(9)3-4(6)8/h6H,2-3H2,1H3,(H,7,9). The molecule has 0 unspecified atom stereocenters. The average Bonchev–Trinajstić information content (AvgIpc) is 1.63. The van der Waals surface area contributed by atoms with Crippen molar-refractivity contribution in [1.29, 1.82) is 0 Å². The minimum absolute atomic E-state index is 0.326. The Morgan fingerprint density at radius 1 is 1.56 bits per heavy atom. The van der Waals surface area contributed by atoms with E-state index >= 15 is 0 Å². The van der Waals surface area contributed by atoms with Gasteiger partial charge in [0.15, 0.2) is 0 Å². The third kappa shape index (κ3) is 4.80. The Bertz CT molecular complexity index is 122. The summed E-state index contributed by atoms with van der Waals surface area (Å²) in [5.74, 6) is -1.22. The Labute approximate surface area is 53.4 Å². The maximum Gasteiger partial charge on any atom is 0.247 e. The van der Waals surface area contributed by atoms with Crippen LogP contribution in [0.4, 0.5) is 0 Å². The highest BCUT2D eigenvalue weighted by Gasteiger charge is 2.02. The SMILES string of the molecule is CCNC(=O)CC([NH])=O. The second-order valence-electron chi connectivity index (χ2n) is 1.55. The van der Waals surface area contributed by atoms with Gasteiger partial charge in [-0.2, -0.15) is 0 Å². The zero-order valence-corrected chi connectivity index (χ0v) is 5.23. The predicted octanol–water partition coefficient (Wildman–Crippen LogP) is -0.678. The van der Waals surface area contributed by atoms with E-state index in [-0.39, 0.29) is 12.3 Å². The van der Waals surface area contributed by atoms with Gasteiger partial charge in [0.1, 0.15) is 6.42 Å². The molecule has 0 aromatic carbocycles. The van der Waals surface area contributed by atoms with Crippen LogP contribution in [0.3, 0.4) is 0 Å². The van der Waals surface area contributed by atoms with Crippen molar-refractivity contribution in [3.05, 3.63) is 0 Å². The quantitative estimate of drug-likeness (QED) is 0.513. The molecule has 0 aromatic rings. The maximum absolute atomic E-state index is 10.4. The topological polar surface area (TPSA) is 70.0 Å². The summed E-state index contributed by atoms with van der Waals surface area (Å²) >= 11 is 0. The fourth-order valence-electron chi connectivity index (χ4n) is 0.405. The van der Waals surface area contributed by atoms with Crippen molar-refractivity contribution in [2.45, 2.75) is 13.3 Å². The number of rotatable bonds is 3. The highest BCUT2D eigenvalue weighted by Crippen LogP contribution is 1.75. The largest absolute Gasteiger partial charge is 0.356 e. The van der Waals surface area contributed by atoms with E-state index in [1.54, 1.807) is 6.92 Å². The Morgan fingerprint density at radius 3 is 2.44 bits per heavy atom. The molecule has 0 heterocycles. The molecule has 2 amide bonds. The van der Waals surface area contributed by atoms with Crippen molar-refractivity contribution in [3.63, 3.8) is 0 Å². The molecule has 4 nitrogen and oxygen atoms in total. The van der Waals surface area contributed by atoms with Gasteiger partial charge in [0.05, 0.1) is 0 Å². The summed E-state index contributed by atoms with van der Waals surface area (Å²) in [7, 11) is 0. The average molecular weight is 129 g/mol. The summed E-state index contributed by atoms with van der Waals surface area (Å²) < 4.78 is 0. The first-order valence-electron chi connectivity index (χ1n) is 2.68. The lowest BCUT2D eigenvalue weighted by Crippen LogP contribution is -2.25. The van der Waals surface area contributed by atoms with E-state index in [4.69, 9.17) is 5.73 Å². The van der Waals surface area contributed by atoms with E-state index in [9.17, 15) is 9.59 Å². The molecule has 0 fully saturated rings. The molecule has 0 rings (SSSR count). The fourth-order valence-corrected chi connectivity index (χ4v) is 0.405. The molecule has 1 radical (unpaired) electrons. The van der Waals surface area contributed by atoms with Crippen LogP contribution in [0.2, 0.25) is 0 Å². The molecule has 0 saturated heterocycles. The monoisotopic (exact) mass is 129 g/mol. The lowest BCUT2D eigenvalue weighted by Gasteiger charge is -1.95. The van der Waals surface area contributed by atoms with E-state index in [0.717, 1.165) is 0 Å². The second-order valence-corrected chi connectivity index (χ2v) is 1.55. The fraction of sp³-hybridized carbons (Fsp3) is 0.600. The number of amides is 2. The first-order valence-corrected chi connectivity index (χ1v) is 2.68. The van der Waals surface area contributed by atoms with E-state index in [0.29, 0.717) is 6.54 Å². The van der Waals surface area contributed by atoms with Gasteiger partial charge in [0.25, 0.3) is 0 Å². The van der Waals surface area contributed by atoms with Gasteiger partial charge in [-0.15, -0.1) is 0 Å². The van der Waals surface area contributed by atoms with Crippen LogP contribution in [-0.4, -0.2) is 18.4 Å². The van der Waals surface area contributed by atoms with Crippen LogP contribution >= 0.6 is 0 Å². The molecular formula is C5H9N2O2. The summed E-state index contributed by atoms with van der Waals surface area (Å²) in [6, 6.07) is 0. The Balaban J connectivity index is 3.39. The minimum atomic E-state index is -0.846. The molecule has 0 aliphatic carbocycles. The third-order valence-electron chi connectivity index (χ3n) is 0.695. The number of carbonyl (C=O) groups is 2. The summed E-state index contributed by atoms with van der Waals surface area (Å²) in [6.45, 7) is 2.26. The molecule has 0 saturated carbocycles. The van der Waals surface area contributed by atoms with E-state index in [1.807, 2.05) is 0 Å². The Hall–Kier alpha value is -1.06. The number of hydrogen-bond acceptors (Lipinski definition) is 2. The Kier molecular flexibility index (Phi) is 3.43. The molecular weight excluding hydrogens is 120 g/mol. The molecule has 0 bridgehead atoms. The first-order chi connectivity index (χ1) is 4.16. The second kappa shape index (κ2) is 3.88. The summed E-state index contributed by atoms with van der Waals surface area (Å²) in [4.78, 5) is 20.3. The van der Waals surface area contributed by atoms with Gasteiger partial charge in [0.2, 0.25) is 11.8 Å². The van der Waals surface area contributed by atoms with Crippen molar-refractivity contribution >= 4 is 11.8 Å². The van der Waals surface area contributed by atoms with Crippen LogP contribution in [0.5, 0.6) is 0 Å². The molecule has 0 aliphatic heterocycles. The van der Waals surface area contributed by atoms with Crippen LogP contribution in [0, 0.1) is 0 Å². The maximum atomic E-state index is 10.4. The highest BCUT2D eigenvalue weighted by molar-refractivity contribution is 5.95. The molecule has 2 N–H and O–H groups in total. The van der Waals surface area contributed by atoms with Gasteiger partial charge in [-0.1, -0.05) is 0 Å². The molecule has 0 aliphatic rings. The van der Waals surface area contributed by atoms with Crippen molar-refractivity contribution in [3.8, 4) is 0 Å². The molecule has 51 valence electrons. The van der Waals surface area contributed by atoms with E-state index < -0.39 is 5.91 Å². The van der Waals surface area contributed by atoms with Crippen LogP contribution in [0.1, 0.15) is 13.3 Å². The van der Waals surface area contributed by atoms with Gasteiger partial charge in [-0.05, 0) is 6.92 Å². The zero-order chi connectivity index (χ0) is 7.28. The van der Waals surface area contributed by atoms with Gasteiger partial charge in [0, 0.05) is 6.54 Å². The van der Waals surface area contributed by atoms with Gasteiger partial charge in [-0.3, -0.25) is 15.3 Å². The van der Waals surface area contributed by atoms with Crippen LogP contribution < -0.4 is 11.1 Å². The highest BCUT2D eigenvalue weighted by atomic mass is 16.2. The van der Waals surface area contributed by atoms with Crippen molar-refractivity contribution < 1.29 is 9.59 Å². The smallest absolute Gasteiger partial charge is 0.247 e. The Morgan fingerprint density at radius 2 is 2.11 bits per heavy atom. The van der Waals surface area contributed by atoms with Crippen molar-refractivity contribution in [2.24, 2.45) is 0 Å². The molecule has 4 heteroatoms. The minimum Gasteiger partial charge on any atom is -0.356 e. The third-order valence-corrected chi connectivity index (χ3v) is 0.695. The van der Waals surface area contributed by atoms with E-state index in [2.05, 4.69) is 5.32 Å². The van der Waals surface area contributed by atoms with Crippen LogP contribution in [0.25, 0.3) is 0 Å². The summed E-state index contributed by atoms with van der Waals surface area (Å²) in [5, 5.41) is 2.40. The van der Waals surface area contributed by atoms with Gasteiger partial charge < -0.3 is 5.32 Å². The predicted molar refractivity (Wildman–Crippen MR) is 31.4 cm³/mol. The normalized spacial score (nSPS) is 8.56. The van der Waals surface area contributed by atoms with Gasteiger partial charge in [-0.25, -0.2) is 0 Å². The van der Waals surface area contributed by atoms with Crippen LogP contribution in [-0.2, 0) is 9.59 Å². The number of carbonyl (C=O) groups excluding carboxylic acids is 2. The van der Waals surface area contributed by atoms with Crippen LogP contribution in [0.15, 0.2) is 0 Å². The summed E-state index contributed by atoms with van der Waals surface area (Å²) in [6.07, 6.45) is -0.326. The number of nitrogens with one attached hydrogen (secondary N) is 2. The molecule has 0 spiro atoms. The lowest BCUT2D eigenvalue weighted by molar-refractivity contribution is -0.127. The lowest BCUT2D eigenvalue weighted by atomic mass is 10.4. The molecule has 0 atom stereocenters. The van der Waals surface area contributed by atoms with Gasteiger partial charge >= 0.3 is 0 Å². The number of hydrogen-bond donors (Lipinski definition) is 1. The van der Waals surface area contributed by atoms with Crippen molar-refractivity contribution in [2.75, 3.05) is 6.54 Å². The first kappa shape index (κ1) is 7.94. The molecule has 0 aromatic heterocycles.